The number of anilines is 1. The molecular formula is C24H34N2O2S. The molecule has 0 radical (unpaired) electrons. The van der Waals surface area contributed by atoms with Gasteiger partial charge in [-0.15, -0.1) is 0 Å². The van der Waals surface area contributed by atoms with Gasteiger partial charge in [0.15, 0.2) is 0 Å². The zero-order valence-corrected chi connectivity index (χ0v) is 18.7. The summed E-state index contributed by atoms with van der Waals surface area (Å²) in [5, 5.41) is 1.33. The molecule has 2 aromatic carbocycles. The minimum atomic E-state index is -3.49. The number of rotatable bonds is 12. The van der Waals surface area contributed by atoms with Gasteiger partial charge in [-0.25, -0.2) is 8.42 Å². The Morgan fingerprint density at radius 3 is 2.10 bits per heavy atom. The molecule has 2 rings (SSSR count). The molecule has 0 aliphatic heterocycles. The first kappa shape index (κ1) is 23.2. The fourth-order valence-corrected chi connectivity index (χ4v) is 4.47. The second-order valence-corrected chi connectivity index (χ2v) is 8.96. The van der Waals surface area contributed by atoms with Crippen molar-refractivity contribution < 1.29 is 8.42 Å². The Balaban J connectivity index is 2.17. The van der Waals surface area contributed by atoms with Crippen molar-refractivity contribution in [1.29, 1.82) is 0 Å². The zero-order valence-electron chi connectivity index (χ0n) is 17.9. The minimum absolute atomic E-state index is 0.393. The van der Waals surface area contributed by atoms with Gasteiger partial charge in [0.25, 0.3) is 0 Å². The first-order valence-electron chi connectivity index (χ1n) is 10.6. The van der Waals surface area contributed by atoms with Gasteiger partial charge in [0.2, 0.25) is 10.0 Å². The smallest absolute Gasteiger partial charge is 0.236 e. The quantitative estimate of drug-likeness (QED) is 0.429. The van der Waals surface area contributed by atoms with Crippen LogP contribution in [0, 0.1) is 0 Å². The molecule has 0 spiro atoms. The molecule has 0 aromatic heterocycles. The van der Waals surface area contributed by atoms with E-state index in [9.17, 15) is 8.42 Å². The summed E-state index contributed by atoms with van der Waals surface area (Å²) in [6.07, 6.45) is 4.62. The lowest BCUT2D eigenvalue weighted by Gasteiger charge is -2.23. The van der Waals surface area contributed by atoms with E-state index in [2.05, 4.69) is 37.8 Å². The van der Waals surface area contributed by atoms with E-state index in [4.69, 9.17) is 0 Å². The van der Waals surface area contributed by atoms with Crippen molar-refractivity contribution in [3.05, 3.63) is 71.1 Å². The fraction of sp³-hybridized carbons (Fsp3) is 0.417. The third-order valence-corrected chi connectivity index (χ3v) is 6.54. The Morgan fingerprint density at radius 2 is 1.52 bits per heavy atom. The lowest BCUT2D eigenvalue weighted by molar-refractivity contribution is 0.400. The van der Waals surface area contributed by atoms with Crippen molar-refractivity contribution in [3.8, 4) is 0 Å². The maximum atomic E-state index is 13.0. The van der Waals surface area contributed by atoms with E-state index in [1.54, 1.807) is 10.4 Å². The maximum absolute atomic E-state index is 13.0. The molecule has 29 heavy (non-hydrogen) atoms. The fourth-order valence-electron chi connectivity index (χ4n) is 3.25. The lowest BCUT2D eigenvalue weighted by Crippen LogP contribution is -2.30. The zero-order chi connectivity index (χ0) is 21.1. The van der Waals surface area contributed by atoms with Crippen LogP contribution in [0.1, 0.15) is 51.2 Å². The summed E-state index contributed by atoms with van der Waals surface area (Å²) in [7, 11) is -3.49. The highest BCUT2D eigenvalue weighted by Gasteiger charge is 2.19. The minimum Gasteiger partial charge on any atom is -0.372 e. The molecule has 0 amide bonds. The van der Waals surface area contributed by atoms with Crippen LogP contribution in [0.4, 0.5) is 5.69 Å². The topological polar surface area (TPSA) is 40.6 Å². The Kier molecular flexibility index (Phi) is 9.42. The van der Waals surface area contributed by atoms with Crippen molar-refractivity contribution in [1.82, 2.24) is 4.31 Å². The Hall–Kier alpha value is -2.11. The second kappa shape index (κ2) is 11.8. The van der Waals surface area contributed by atoms with Crippen LogP contribution in [0.5, 0.6) is 0 Å². The van der Waals surface area contributed by atoms with Gasteiger partial charge in [0.1, 0.15) is 0 Å². The molecule has 0 unspecified atom stereocenters. The summed E-state index contributed by atoms with van der Waals surface area (Å²) in [4.78, 5) is 2.28. The molecule has 0 saturated carbocycles. The lowest BCUT2D eigenvalue weighted by atomic mass is 10.2. The molecule has 0 saturated heterocycles. The highest BCUT2D eigenvalue weighted by atomic mass is 32.2. The maximum Gasteiger partial charge on any atom is 0.236 e. The predicted octanol–water partition coefficient (Wildman–Crippen LogP) is 5.53. The Morgan fingerprint density at radius 1 is 0.862 bits per heavy atom. The largest absolute Gasteiger partial charge is 0.372 e. The molecule has 0 fully saturated rings. The molecule has 0 aliphatic carbocycles. The second-order valence-electron chi connectivity index (χ2n) is 7.14. The van der Waals surface area contributed by atoms with E-state index in [1.807, 2.05) is 42.5 Å². The Labute approximate surface area is 176 Å². The summed E-state index contributed by atoms with van der Waals surface area (Å²) in [6, 6.07) is 17.8. The molecule has 0 atom stereocenters. The van der Waals surface area contributed by atoms with Crippen LogP contribution in [-0.4, -0.2) is 32.4 Å². The van der Waals surface area contributed by atoms with E-state index in [0.717, 1.165) is 43.5 Å². The summed E-state index contributed by atoms with van der Waals surface area (Å²) in [6.45, 7) is 9.24. The van der Waals surface area contributed by atoms with Gasteiger partial charge in [-0.2, -0.15) is 4.31 Å². The van der Waals surface area contributed by atoms with Gasteiger partial charge >= 0.3 is 0 Å². The summed E-state index contributed by atoms with van der Waals surface area (Å²) < 4.78 is 27.6. The van der Waals surface area contributed by atoms with Gasteiger partial charge < -0.3 is 4.90 Å². The van der Waals surface area contributed by atoms with E-state index in [1.165, 1.54) is 11.1 Å². The highest BCUT2D eigenvalue weighted by Crippen LogP contribution is 2.19. The number of nitrogens with zero attached hydrogens (tertiary/aromatic N) is 2. The molecule has 2 aromatic rings. The molecular weight excluding hydrogens is 380 g/mol. The molecule has 5 heteroatoms. The molecule has 158 valence electrons. The van der Waals surface area contributed by atoms with Crippen LogP contribution < -0.4 is 4.90 Å². The molecule has 0 heterocycles. The molecule has 0 aliphatic rings. The number of hydrogen-bond donors (Lipinski definition) is 0. The molecule has 0 bridgehead atoms. The standard InChI is InChI=1S/C24H34N2O2S/c1-4-7-11-19-26(29(27,28)20-18-22-12-9-8-10-13-22)21-23-14-16-24(17-15-23)25(5-2)6-3/h8-10,12-18,20H,4-7,11,19,21H2,1-3H3/b20-18+. The van der Waals surface area contributed by atoms with E-state index >= 15 is 0 Å². The van der Waals surface area contributed by atoms with Crippen molar-refractivity contribution in [3.63, 3.8) is 0 Å². The first-order valence-corrected chi connectivity index (χ1v) is 12.1. The van der Waals surface area contributed by atoms with Crippen LogP contribution >= 0.6 is 0 Å². The molecule has 4 nitrogen and oxygen atoms in total. The van der Waals surface area contributed by atoms with Gasteiger partial charge in [0.05, 0.1) is 0 Å². The van der Waals surface area contributed by atoms with Crippen molar-refractivity contribution >= 4 is 21.8 Å². The normalized spacial score (nSPS) is 12.0. The highest BCUT2D eigenvalue weighted by molar-refractivity contribution is 7.92. The van der Waals surface area contributed by atoms with Gasteiger partial charge in [-0.05, 0) is 49.6 Å². The Bertz CT molecular complexity index is 842. The predicted molar refractivity (Wildman–Crippen MR) is 124 cm³/mol. The van der Waals surface area contributed by atoms with E-state index < -0.39 is 10.0 Å². The number of unbranched alkanes of at least 4 members (excludes halogenated alkanes) is 2. The number of sulfonamides is 1. The van der Waals surface area contributed by atoms with Gasteiger partial charge in [-0.1, -0.05) is 62.2 Å². The van der Waals surface area contributed by atoms with Gasteiger partial charge in [0, 0.05) is 37.3 Å². The monoisotopic (exact) mass is 414 g/mol. The summed E-state index contributed by atoms with van der Waals surface area (Å²) in [5.41, 5.74) is 3.06. The van der Waals surface area contributed by atoms with Crippen molar-refractivity contribution in [2.45, 2.75) is 46.6 Å². The van der Waals surface area contributed by atoms with E-state index in [-0.39, 0.29) is 0 Å². The SMILES string of the molecule is CCCCCN(Cc1ccc(N(CC)CC)cc1)S(=O)(=O)/C=C/c1ccccc1. The third-order valence-electron chi connectivity index (χ3n) is 5.03. The van der Waals surface area contributed by atoms with Crippen LogP contribution in [0.2, 0.25) is 0 Å². The van der Waals surface area contributed by atoms with Gasteiger partial charge in [-0.3, -0.25) is 0 Å². The number of hydrogen-bond acceptors (Lipinski definition) is 3. The van der Waals surface area contributed by atoms with Crippen molar-refractivity contribution in [2.24, 2.45) is 0 Å². The molecule has 0 N–H and O–H groups in total. The summed E-state index contributed by atoms with van der Waals surface area (Å²) in [5.74, 6) is 0. The third kappa shape index (κ3) is 7.33. The average molecular weight is 415 g/mol. The van der Waals surface area contributed by atoms with Crippen molar-refractivity contribution in [2.75, 3.05) is 24.5 Å². The van der Waals surface area contributed by atoms with Crippen LogP contribution in [0.15, 0.2) is 60.0 Å². The van der Waals surface area contributed by atoms with Crippen LogP contribution in [-0.2, 0) is 16.6 Å². The first-order chi connectivity index (χ1) is 14.0. The van der Waals surface area contributed by atoms with Crippen LogP contribution in [0.3, 0.4) is 0 Å². The average Bonchev–Trinajstić information content (AvgIpc) is 2.74. The summed E-state index contributed by atoms with van der Waals surface area (Å²) >= 11 is 0. The van der Waals surface area contributed by atoms with E-state index in [0.29, 0.717) is 13.1 Å². The number of benzene rings is 2. The van der Waals surface area contributed by atoms with Crippen LogP contribution in [0.25, 0.3) is 6.08 Å².